The summed E-state index contributed by atoms with van der Waals surface area (Å²) in [5, 5.41) is 0.492. The van der Waals surface area contributed by atoms with Crippen molar-refractivity contribution >= 4 is 29.4 Å². The molecule has 0 spiro atoms. The average Bonchev–Trinajstić information content (AvgIpc) is 2.64. The molecule has 2 aromatic carbocycles. The average molecular weight is 363 g/mol. The van der Waals surface area contributed by atoms with Crippen molar-refractivity contribution in [3.63, 3.8) is 0 Å². The van der Waals surface area contributed by atoms with Gasteiger partial charge in [-0.3, -0.25) is 20.4 Å². The maximum atomic E-state index is 11.8. The standard InChI is InChI=1S/C17H15ClN2O5/c1-24-14-8-4-12(5-9-14)17(23)25-10-15(21)19-20-16(22)11-2-6-13(18)7-3-11/h2-9H,10H2,1H3,(H,19,21)(H,20,22). The van der Waals surface area contributed by atoms with Crippen LogP contribution in [0.2, 0.25) is 5.02 Å². The highest BCUT2D eigenvalue weighted by Gasteiger charge is 2.11. The van der Waals surface area contributed by atoms with Crippen LogP contribution in [-0.2, 0) is 9.53 Å². The van der Waals surface area contributed by atoms with Crippen LogP contribution in [0.5, 0.6) is 5.75 Å². The van der Waals surface area contributed by atoms with Crippen LogP contribution in [0.15, 0.2) is 48.5 Å². The highest BCUT2D eigenvalue weighted by atomic mass is 35.5. The molecule has 0 aromatic heterocycles. The molecule has 130 valence electrons. The Labute approximate surface area is 148 Å². The Morgan fingerprint density at radius 3 is 2.12 bits per heavy atom. The van der Waals surface area contributed by atoms with Crippen molar-refractivity contribution in [3.05, 3.63) is 64.7 Å². The lowest BCUT2D eigenvalue weighted by atomic mass is 10.2. The summed E-state index contributed by atoms with van der Waals surface area (Å²) < 4.78 is 9.84. The van der Waals surface area contributed by atoms with Crippen molar-refractivity contribution in [1.82, 2.24) is 10.9 Å². The monoisotopic (exact) mass is 362 g/mol. The van der Waals surface area contributed by atoms with Crippen molar-refractivity contribution in [2.24, 2.45) is 0 Å². The Balaban J connectivity index is 1.77. The van der Waals surface area contributed by atoms with Crippen LogP contribution in [-0.4, -0.2) is 31.5 Å². The third kappa shape index (κ3) is 5.50. The predicted molar refractivity (Wildman–Crippen MR) is 90.3 cm³/mol. The van der Waals surface area contributed by atoms with E-state index in [1.807, 2.05) is 0 Å². The van der Waals surface area contributed by atoms with Crippen LogP contribution in [0.25, 0.3) is 0 Å². The molecule has 0 radical (unpaired) electrons. The summed E-state index contributed by atoms with van der Waals surface area (Å²) in [4.78, 5) is 35.2. The summed E-state index contributed by atoms with van der Waals surface area (Å²) in [5.74, 6) is -1.27. The molecule has 0 fully saturated rings. The van der Waals surface area contributed by atoms with E-state index in [-0.39, 0.29) is 5.56 Å². The largest absolute Gasteiger partial charge is 0.497 e. The highest BCUT2D eigenvalue weighted by Crippen LogP contribution is 2.12. The lowest BCUT2D eigenvalue weighted by Gasteiger charge is -2.08. The van der Waals surface area contributed by atoms with E-state index < -0.39 is 24.4 Å². The molecule has 0 unspecified atom stereocenters. The summed E-state index contributed by atoms with van der Waals surface area (Å²) >= 11 is 5.73. The number of benzene rings is 2. The van der Waals surface area contributed by atoms with Crippen LogP contribution in [0, 0.1) is 0 Å². The number of halogens is 1. The first-order valence-electron chi connectivity index (χ1n) is 7.15. The minimum absolute atomic E-state index is 0.277. The molecule has 2 aromatic rings. The number of hydrogen-bond acceptors (Lipinski definition) is 5. The Bertz CT molecular complexity index is 760. The van der Waals surface area contributed by atoms with Gasteiger partial charge in [-0.2, -0.15) is 0 Å². The van der Waals surface area contributed by atoms with E-state index >= 15 is 0 Å². The second kappa shape index (κ2) is 8.70. The molecule has 0 saturated carbocycles. The lowest BCUT2D eigenvalue weighted by molar-refractivity contribution is -0.125. The van der Waals surface area contributed by atoms with Gasteiger partial charge in [0.15, 0.2) is 6.61 Å². The first-order chi connectivity index (χ1) is 12.0. The van der Waals surface area contributed by atoms with E-state index in [4.69, 9.17) is 21.1 Å². The number of hydrazine groups is 1. The van der Waals surface area contributed by atoms with Crippen molar-refractivity contribution < 1.29 is 23.9 Å². The van der Waals surface area contributed by atoms with Gasteiger partial charge in [-0.05, 0) is 48.5 Å². The van der Waals surface area contributed by atoms with Crippen LogP contribution in [0.1, 0.15) is 20.7 Å². The molecule has 2 rings (SSSR count). The Morgan fingerprint density at radius 1 is 0.920 bits per heavy atom. The molecule has 0 saturated heterocycles. The van der Waals surface area contributed by atoms with Crippen LogP contribution in [0.3, 0.4) is 0 Å². The number of carbonyl (C=O) groups excluding carboxylic acids is 3. The van der Waals surface area contributed by atoms with E-state index in [0.29, 0.717) is 16.3 Å². The van der Waals surface area contributed by atoms with Crippen LogP contribution < -0.4 is 15.6 Å². The first-order valence-corrected chi connectivity index (χ1v) is 7.53. The first kappa shape index (κ1) is 18.3. The molecular formula is C17H15ClN2O5. The molecular weight excluding hydrogens is 348 g/mol. The number of ether oxygens (including phenoxy) is 2. The smallest absolute Gasteiger partial charge is 0.338 e. The molecule has 0 heterocycles. The fourth-order valence-corrected chi connectivity index (χ4v) is 1.90. The Morgan fingerprint density at radius 2 is 1.52 bits per heavy atom. The topological polar surface area (TPSA) is 93.7 Å². The van der Waals surface area contributed by atoms with Crippen molar-refractivity contribution in [2.45, 2.75) is 0 Å². The van der Waals surface area contributed by atoms with Gasteiger partial charge in [0, 0.05) is 10.6 Å². The molecule has 2 amide bonds. The number of amides is 2. The highest BCUT2D eigenvalue weighted by molar-refractivity contribution is 6.30. The zero-order valence-electron chi connectivity index (χ0n) is 13.2. The Kier molecular flexibility index (Phi) is 6.36. The van der Waals surface area contributed by atoms with E-state index in [9.17, 15) is 14.4 Å². The maximum absolute atomic E-state index is 11.8. The summed E-state index contributed by atoms with van der Waals surface area (Å²) in [6.07, 6.45) is 0. The second-order valence-electron chi connectivity index (χ2n) is 4.81. The summed E-state index contributed by atoms with van der Waals surface area (Å²) in [7, 11) is 1.51. The molecule has 2 N–H and O–H groups in total. The fourth-order valence-electron chi connectivity index (χ4n) is 1.78. The number of nitrogens with one attached hydrogen (secondary N) is 2. The lowest BCUT2D eigenvalue weighted by Crippen LogP contribution is -2.43. The molecule has 25 heavy (non-hydrogen) atoms. The van der Waals surface area contributed by atoms with Gasteiger partial charge in [-0.15, -0.1) is 0 Å². The number of hydrogen-bond donors (Lipinski definition) is 2. The number of esters is 1. The number of carbonyl (C=O) groups is 3. The molecule has 0 aliphatic heterocycles. The van der Waals surface area contributed by atoms with Gasteiger partial charge in [-0.1, -0.05) is 11.6 Å². The molecule has 8 heteroatoms. The molecule has 0 bridgehead atoms. The minimum atomic E-state index is -0.677. The van der Waals surface area contributed by atoms with Crippen molar-refractivity contribution in [3.8, 4) is 5.75 Å². The fraction of sp³-hybridized carbons (Fsp3) is 0.118. The quantitative estimate of drug-likeness (QED) is 0.626. The van der Waals surface area contributed by atoms with Gasteiger partial charge >= 0.3 is 5.97 Å². The normalized spacial score (nSPS) is 9.84. The molecule has 0 aliphatic rings. The third-order valence-electron chi connectivity index (χ3n) is 3.08. The van der Waals surface area contributed by atoms with Gasteiger partial charge < -0.3 is 9.47 Å². The minimum Gasteiger partial charge on any atom is -0.497 e. The van der Waals surface area contributed by atoms with E-state index in [1.165, 1.54) is 31.4 Å². The van der Waals surface area contributed by atoms with Crippen LogP contribution in [0.4, 0.5) is 0 Å². The zero-order valence-corrected chi connectivity index (χ0v) is 14.0. The summed E-state index contributed by atoms with van der Waals surface area (Å²) in [6, 6.07) is 12.3. The van der Waals surface area contributed by atoms with Gasteiger partial charge in [0.05, 0.1) is 12.7 Å². The van der Waals surface area contributed by atoms with Gasteiger partial charge in [0.1, 0.15) is 5.75 Å². The van der Waals surface area contributed by atoms with E-state index in [0.717, 1.165) is 0 Å². The summed E-state index contributed by atoms with van der Waals surface area (Å²) in [5.41, 5.74) is 4.96. The van der Waals surface area contributed by atoms with E-state index in [1.54, 1.807) is 24.3 Å². The number of rotatable bonds is 5. The Hall–Kier alpha value is -3.06. The maximum Gasteiger partial charge on any atom is 0.338 e. The van der Waals surface area contributed by atoms with Gasteiger partial charge in [0.25, 0.3) is 11.8 Å². The van der Waals surface area contributed by atoms with Crippen molar-refractivity contribution in [2.75, 3.05) is 13.7 Å². The SMILES string of the molecule is COc1ccc(C(=O)OCC(=O)NNC(=O)c2ccc(Cl)cc2)cc1. The van der Waals surface area contributed by atoms with Crippen LogP contribution >= 0.6 is 11.6 Å². The molecule has 0 atom stereocenters. The second-order valence-corrected chi connectivity index (χ2v) is 5.25. The third-order valence-corrected chi connectivity index (χ3v) is 3.33. The van der Waals surface area contributed by atoms with Crippen molar-refractivity contribution in [1.29, 1.82) is 0 Å². The predicted octanol–water partition coefficient (Wildman–Crippen LogP) is 1.97. The van der Waals surface area contributed by atoms with Gasteiger partial charge in [0.2, 0.25) is 0 Å². The van der Waals surface area contributed by atoms with Gasteiger partial charge in [-0.25, -0.2) is 4.79 Å². The molecule has 7 nitrogen and oxygen atoms in total. The zero-order chi connectivity index (χ0) is 18.2. The summed E-state index contributed by atoms with van der Waals surface area (Å²) in [6.45, 7) is -0.536. The number of methoxy groups -OCH3 is 1. The van der Waals surface area contributed by atoms with E-state index in [2.05, 4.69) is 10.9 Å². The molecule has 0 aliphatic carbocycles.